The molecule has 0 bridgehead atoms. The maximum absolute atomic E-state index is 13.1. The predicted molar refractivity (Wildman–Crippen MR) is 117 cm³/mol. The summed E-state index contributed by atoms with van der Waals surface area (Å²) in [5.74, 6) is 2.45. The number of hydrogen-bond donors (Lipinski definition) is 2. The molecule has 2 aliphatic rings. The summed E-state index contributed by atoms with van der Waals surface area (Å²) in [5, 5.41) is 6.48. The number of amides is 1. The van der Waals surface area contributed by atoms with Gasteiger partial charge in [0.25, 0.3) is 0 Å². The smallest absolute Gasteiger partial charge is 0.223 e. The van der Waals surface area contributed by atoms with Crippen LogP contribution in [0.5, 0.6) is 0 Å². The lowest BCUT2D eigenvalue weighted by atomic mass is 9.86. The summed E-state index contributed by atoms with van der Waals surface area (Å²) in [7, 11) is 3.64. The molecule has 2 fully saturated rings. The molecule has 0 unspecified atom stereocenters. The molecule has 1 atom stereocenters. The summed E-state index contributed by atoms with van der Waals surface area (Å²) >= 11 is 0. The Balaban J connectivity index is 1.51. The Kier molecular flexibility index (Phi) is 6.62. The van der Waals surface area contributed by atoms with Gasteiger partial charge in [-0.15, -0.1) is 0 Å². The van der Waals surface area contributed by atoms with E-state index in [0.29, 0.717) is 18.4 Å². The Morgan fingerprint density at radius 2 is 1.83 bits per heavy atom. The van der Waals surface area contributed by atoms with Gasteiger partial charge in [0.2, 0.25) is 5.91 Å². The summed E-state index contributed by atoms with van der Waals surface area (Å²) in [6.07, 6.45) is 6.94. The third kappa shape index (κ3) is 5.17. The van der Waals surface area contributed by atoms with E-state index in [9.17, 15) is 4.79 Å². The van der Waals surface area contributed by atoms with Gasteiger partial charge in [-0.25, -0.2) is 9.97 Å². The molecule has 2 aliphatic carbocycles. The van der Waals surface area contributed by atoms with Crippen LogP contribution in [0.15, 0.2) is 36.4 Å². The molecular formula is C24H32N4O2. The van der Waals surface area contributed by atoms with E-state index in [1.54, 1.807) is 7.11 Å². The highest BCUT2D eigenvalue weighted by Crippen LogP contribution is 2.38. The van der Waals surface area contributed by atoms with E-state index in [2.05, 4.69) is 27.8 Å². The lowest BCUT2D eigenvalue weighted by Crippen LogP contribution is -2.37. The number of benzene rings is 1. The van der Waals surface area contributed by atoms with Crippen LogP contribution < -0.4 is 10.6 Å². The van der Waals surface area contributed by atoms with Crippen LogP contribution in [-0.2, 0) is 16.0 Å². The average Bonchev–Trinajstić information content (AvgIpc) is 3.64. The topological polar surface area (TPSA) is 76.1 Å². The number of hydrogen-bond acceptors (Lipinski definition) is 5. The van der Waals surface area contributed by atoms with Gasteiger partial charge >= 0.3 is 0 Å². The van der Waals surface area contributed by atoms with E-state index >= 15 is 0 Å². The number of nitrogens with zero attached hydrogens (tertiary/aromatic N) is 2. The molecule has 1 heterocycles. The van der Waals surface area contributed by atoms with Crippen molar-refractivity contribution < 1.29 is 9.53 Å². The molecule has 2 aromatic rings. The number of nitrogens with one attached hydrogen (secondary N) is 2. The zero-order valence-electron chi connectivity index (χ0n) is 17.9. The van der Waals surface area contributed by atoms with Crippen molar-refractivity contribution in [3.63, 3.8) is 0 Å². The molecule has 0 saturated heterocycles. The van der Waals surface area contributed by atoms with E-state index in [0.717, 1.165) is 61.4 Å². The van der Waals surface area contributed by atoms with Gasteiger partial charge < -0.3 is 15.4 Å². The van der Waals surface area contributed by atoms with Crippen LogP contribution in [0.2, 0.25) is 0 Å². The Morgan fingerprint density at radius 1 is 1.10 bits per heavy atom. The molecule has 1 amide bonds. The van der Waals surface area contributed by atoms with Crippen LogP contribution in [0.1, 0.15) is 67.6 Å². The molecule has 1 aromatic heterocycles. The number of rotatable bonds is 8. The van der Waals surface area contributed by atoms with Crippen molar-refractivity contribution in [1.29, 1.82) is 0 Å². The number of ether oxygens (including phenoxy) is 1. The molecule has 0 aliphatic heterocycles. The van der Waals surface area contributed by atoms with E-state index < -0.39 is 0 Å². The second kappa shape index (κ2) is 9.56. The fourth-order valence-corrected chi connectivity index (χ4v) is 4.27. The van der Waals surface area contributed by atoms with Crippen molar-refractivity contribution in [2.75, 3.05) is 19.5 Å². The first kappa shape index (κ1) is 20.8. The molecule has 6 nitrogen and oxygen atoms in total. The second-order valence-corrected chi connectivity index (χ2v) is 8.51. The van der Waals surface area contributed by atoms with Gasteiger partial charge in [0, 0.05) is 44.2 Å². The number of methoxy groups -OCH3 is 1. The molecule has 4 rings (SSSR count). The van der Waals surface area contributed by atoms with Crippen molar-refractivity contribution >= 4 is 11.7 Å². The van der Waals surface area contributed by atoms with Crippen molar-refractivity contribution in [1.82, 2.24) is 15.3 Å². The fourth-order valence-electron chi connectivity index (χ4n) is 4.27. The monoisotopic (exact) mass is 408 g/mol. The highest BCUT2D eigenvalue weighted by atomic mass is 16.5. The first-order valence-corrected chi connectivity index (χ1v) is 11.1. The molecule has 6 heteroatoms. The number of carbonyl (C=O) groups excluding carboxylic acids is 1. The number of carbonyl (C=O) groups is 1. The van der Waals surface area contributed by atoms with Crippen LogP contribution in [0.3, 0.4) is 0 Å². The highest BCUT2D eigenvalue weighted by Gasteiger charge is 2.30. The highest BCUT2D eigenvalue weighted by molar-refractivity contribution is 5.79. The summed E-state index contributed by atoms with van der Waals surface area (Å²) in [6.45, 7) is 0. The van der Waals surface area contributed by atoms with Crippen molar-refractivity contribution in [2.24, 2.45) is 5.92 Å². The van der Waals surface area contributed by atoms with E-state index in [4.69, 9.17) is 9.72 Å². The normalized spacial score (nSPS) is 22.3. The molecule has 160 valence electrons. The van der Waals surface area contributed by atoms with Crippen LogP contribution in [-0.4, -0.2) is 36.1 Å². The van der Waals surface area contributed by atoms with Crippen LogP contribution in [0, 0.1) is 5.92 Å². The molecule has 30 heavy (non-hydrogen) atoms. The largest absolute Gasteiger partial charge is 0.381 e. The first-order chi connectivity index (χ1) is 14.7. The van der Waals surface area contributed by atoms with Crippen LogP contribution >= 0.6 is 0 Å². The van der Waals surface area contributed by atoms with Gasteiger partial charge in [0.05, 0.1) is 12.1 Å². The zero-order valence-corrected chi connectivity index (χ0v) is 17.9. The minimum Gasteiger partial charge on any atom is -0.381 e. The Labute approximate surface area is 178 Å². The lowest BCUT2D eigenvalue weighted by molar-refractivity contribution is -0.127. The molecule has 1 aromatic carbocycles. The number of anilines is 1. The maximum atomic E-state index is 13.1. The van der Waals surface area contributed by atoms with Gasteiger partial charge in [0.15, 0.2) is 0 Å². The van der Waals surface area contributed by atoms with Gasteiger partial charge in [-0.3, -0.25) is 4.79 Å². The van der Waals surface area contributed by atoms with Crippen molar-refractivity contribution in [3.05, 3.63) is 53.5 Å². The van der Waals surface area contributed by atoms with Gasteiger partial charge in [-0.05, 0) is 44.1 Å². The van der Waals surface area contributed by atoms with Gasteiger partial charge in [-0.2, -0.15) is 0 Å². The number of aromatic nitrogens is 2. The fraction of sp³-hybridized carbons (Fsp3) is 0.542. The summed E-state index contributed by atoms with van der Waals surface area (Å²) in [4.78, 5) is 22.5. The van der Waals surface area contributed by atoms with E-state index in [-0.39, 0.29) is 17.9 Å². The lowest BCUT2D eigenvalue weighted by Gasteiger charge is -2.28. The molecule has 2 N–H and O–H groups in total. The van der Waals surface area contributed by atoms with Gasteiger partial charge in [0.1, 0.15) is 11.6 Å². The summed E-state index contributed by atoms with van der Waals surface area (Å²) < 4.78 is 5.45. The molecular weight excluding hydrogens is 376 g/mol. The van der Waals surface area contributed by atoms with E-state index in [1.165, 1.54) is 0 Å². The van der Waals surface area contributed by atoms with E-state index in [1.807, 2.05) is 31.3 Å². The molecule has 0 spiro atoms. The third-order valence-electron chi connectivity index (χ3n) is 6.31. The molecule has 0 radical (unpaired) electrons. The van der Waals surface area contributed by atoms with Crippen molar-refractivity contribution in [2.45, 2.75) is 63.0 Å². The van der Waals surface area contributed by atoms with Crippen LogP contribution in [0.25, 0.3) is 0 Å². The van der Waals surface area contributed by atoms with Crippen molar-refractivity contribution in [3.8, 4) is 0 Å². The zero-order chi connectivity index (χ0) is 20.9. The quantitative estimate of drug-likeness (QED) is 0.690. The second-order valence-electron chi connectivity index (χ2n) is 8.51. The Bertz CT molecular complexity index is 846. The average molecular weight is 409 g/mol. The van der Waals surface area contributed by atoms with Crippen LogP contribution in [0.4, 0.5) is 5.82 Å². The third-order valence-corrected chi connectivity index (χ3v) is 6.31. The Hall–Kier alpha value is -2.47. The Morgan fingerprint density at radius 3 is 2.47 bits per heavy atom. The molecule has 2 saturated carbocycles. The van der Waals surface area contributed by atoms with Gasteiger partial charge in [-0.1, -0.05) is 30.3 Å². The minimum absolute atomic E-state index is 0.0582. The SMILES string of the molecule is CNc1cc(C[C@@H](NC(=O)C2CCC(OC)CC2)c2ccccc2)nc(C2CC2)n1. The standard InChI is InChI=1S/C24H32N4O2/c1-25-22-15-19(26-23(28-22)17-8-9-17)14-21(16-6-4-3-5-7-16)27-24(29)18-10-12-20(30-2)13-11-18/h3-7,15,17-18,20-21H,8-14H2,1-2H3,(H,27,29)(H,25,26,28)/t18?,20?,21-/m1/s1. The summed E-state index contributed by atoms with van der Waals surface area (Å²) in [5.41, 5.74) is 2.07. The maximum Gasteiger partial charge on any atom is 0.223 e. The summed E-state index contributed by atoms with van der Waals surface area (Å²) in [6, 6.07) is 12.1. The minimum atomic E-state index is -0.106. The first-order valence-electron chi connectivity index (χ1n) is 11.1. The predicted octanol–water partition coefficient (Wildman–Crippen LogP) is 4.00.